The molecule has 2 aromatic carbocycles. The van der Waals surface area contributed by atoms with Crippen molar-refractivity contribution >= 4 is 0 Å². The molecule has 0 aromatic heterocycles. The molecule has 0 radical (unpaired) electrons. The first kappa shape index (κ1) is 17.3. The molecule has 3 fully saturated rings. The van der Waals surface area contributed by atoms with E-state index in [1.165, 1.54) is 30.5 Å². The summed E-state index contributed by atoms with van der Waals surface area (Å²) in [5, 5.41) is 0. The maximum atomic E-state index is 13.1. The predicted molar refractivity (Wildman–Crippen MR) is 99.9 cm³/mol. The summed E-state index contributed by atoms with van der Waals surface area (Å²) in [6, 6.07) is 15.7. The molecule has 5 rings (SSSR count). The molecular weight excluding hydrogens is 329 g/mol. The average molecular weight is 355 g/mol. The second kappa shape index (κ2) is 7.28. The van der Waals surface area contributed by atoms with Gasteiger partial charge in [0.2, 0.25) is 0 Å². The van der Waals surface area contributed by atoms with Crippen LogP contribution >= 0.6 is 0 Å². The highest BCUT2D eigenvalue weighted by Gasteiger charge is 2.48. The summed E-state index contributed by atoms with van der Waals surface area (Å²) < 4.78 is 24.4. The number of fused-ring (bicyclic) bond motifs is 2. The van der Waals surface area contributed by atoms with Crippen LogP contribution in [-0.4, -0.2) is 30.7 Å². The van der Waals surface area contributed by atoms with Crippen LogP contribution in [0.15, 0.2) is 48.5 Å². The summed E-state index contributed by atoms with van der Waals surface area (Å²) in [6.07, 6.45) is 2.59. The molecule has 2 aromatic rings. The Hall–Kier alpha value is -2.07. The number of methoxy groups -OCH3 is 1. The number of benzene rings is 2. The topological polar surface area (TPSA) is 21.7 Å². The number of hydrogen-bond acceptors (Lipinski definition) is 3. The first-order chi connectivity index (χ1) is 12.6. The lowest BCUT2D eigenvalue weighted by atomic mass is 9.65. The van der Waals surface area contributed by atoms with Crippen LogP contribution in [0.2, 0.25) is 0 Å². The Morgan fingerprint density at radius 1 is 1.00 bits per heavy atom. The van der Waals surface area contributed by atoms with Gasteiger partial charge in [-0.2, -0.15) is 0 Å². The highest BCUT2D eigenvalue weighted by molar-refractivity contribution is 5.27. The molecule has 2 heterocycles. The summed E-state index contributed by atoms with van der Waals surface area (Å²) in [5.74, 6) is 2.82. The third-order valence-corrected chi connectivity index (χ3v) is 6.15. The van der Waals surface area contributed by atoms with Crippen molar-refractivity contribution in [3.8, 4) is 11.5 Å². The number of rotatable bonds is 6. The third kappa shape index (κ3) is 3.43. The van der Waals surface area contributed by atoms with Crippen LogP contribution in [0.1, 0.15) is 25.3 Å². The normalized spacial score (nSPS) is 27.7. The molecule has 138 valence electrons. The standard InChI is InChI=1S/C22H26FNO2/c1-15-17-11-19(12-17)24(13-16-3-7-20(25-2)8-4-16)22(15)14-26-21-9-5-18(23)6-10-21/h3-10,15,17,19,22H,11-14H2,1-2H3/t15-,17?,19?,22+/m0/s1. The van der Waals surface area contributed by atoms with Crippen molar-refractivity contribution in [2.24, 2.45) is 11.8 Å². The van der Waals surface area contributed by atoms with E-state index in [4.69, 9.17) is 9.47 Å². The van der Waals surface area contributed by atoms with E-state index in [-0.39, 0.29) is 5.82 Å². The minimum absolute atomic E-state index is 0.231. The molecule has 0 spiro atoms. The Morgan fingerprint density at radius 3 is 2.31 bits per heavy atom. The highest BCUT2D eigenvalue weighted by atomic mass is 19.1. The molecule has 0 unspecified atom stereocenters. The average Bonchev–Trinajstić information content (AvgIpc) is 2.62. The van der Waals surface area contributed by atoms with Gasteiger partial charge in [-0.3, -0.25) is 4.90 Å². The molecule has 26 heavy (non-hydrogen) atoms. The van der Waals surface area contributed by atoms with Crippen molar-refractivity contribution in [2.45, 2.75) is 38.4 Å². The molecule has 0 N–H and O–H groups in total. The fourth-order valence-corrected chi connectivity index (χ4v) is 4.37. The Labute approximate surface area is 154 Å². The van der Waals surface area contributed by atoms with E-state index in [0.717, 1.165) is 24.0 Å². The zero-order valence-electron chi connectivity index (χ0n) is 15.4. The van der Waals surface area contributed by atoms with E-state index < -0.39 is 0 Å². The summed E-state index contributed by atoms with van der Waals surface area (Å²) in [5.41, 5.74) is 1.30. The zero-order valence-corrected chi connectivity index (χ0v) is 15.4. The van der Waals surface area contributed by atoms with Crippen molar-refractivity contribution in [2.75, 3.05) is 13.7 Å². The quantitative estimate of drug-likeness (QED) is 0.761. The van der Waals surface area contributed by atoms with Gasteiger partial charge in [0.15, 0.2) is 0 Å². The molecule has 2 atom stereocenters. The second-order valence-electron chi connectivity index (χ2n) is 7.60. The molecule has 2 aliphatic heterocycles. The lowest BCUT2D eigenvalue weighted by Crippen LogP contribution is -2.62. The van der Waals surface area contributed by atoms with Crippen molar-refractivity contribution in [1.82, 2.24) is 4.90 Å². The smallest absolute Gasteiger partial charge is 0.123 e. The predicted octanol–water partition coefficient (Wildman–Crippen LogP) is 4.51. The van der Waals surface area contributed by atoms with Gasteiger partial charge in [-0.05, 0) is 66.6 Å². The van der Waals surface area contributed by atoms with E-state index in [2.05, 4.69) is 24.0 Å². The monoisotopic (exact) mass is 355 g/mol. The van der Waals surface area contributed by atoms with Crippen LogP contribution in [0.4, 0.5) is 4.39 Å². The van der Waals surface area contributed by atoms with Crippen LogP contribution in [-0.2, 0) is 6.54 Å². The van der Waals surface area contributed by atoms with Crippen molar-refractivity contribution in [1.29, 1.82) is 0 Å². The van der Waals surface area contributed by atoms with Crippen LogP contribution in [0.3, 0.4) is 0 Å². The fraction of sp³-hybridized carbons (Fsp3) is 0.455. The van der Waals surface area contributed by atoms with E-state index in [1.807, 2.05) is 12.1 Å². The van der Waals surface area contributed by atoms with E-state index in [1.54, 1.807) is 19.2 Å². The minimum atomic E-state index is -0.231. The molecule has 2 saturated heterocycles. The maximum absolute atomic E-state index is 13.1. The maximum Gasteiger partial charge on any atom is 0.123 e. The van der Waals surface area contributed by atoms with Gasteiger partial charge in [0.25, 0.3) is 0 Å². The zero-order chi connectivity index (χ0) is 18.1. The number of piperidine rings is 2. The van der Waals surface area contributed by atoms with Crippen LogP contribution in [0.5, 0.6) is 11.5 Å². The largest absolute Gasteiger partial charge is 0.497 e. The highest BCUT2D eigenvalue weighted by Crippen LogP contribution is 2.47. The number of halogens is 1. The van der Waals surface area contributed by atoms with E-state index in [0.29, 0.717) is 24.6 Å². The van der Waals surface area contributed by atoms with Gasteiger partial charge in [-0.25, -0.2) is 4.39 Å². The van der Waals surface area contributed by atoms with Crippen molar-refractivity contribution < 1.29 is 13.9 Å². The fourth-order valence-electron chi connectivity index (χ4n) is 4.37. The van der Waals surface area contributed by atoms with Gasteiger partial charge in [0.1, 0.15) is 23.9 Å². The lowest BCUT2D eigenvalue weighted by Gasteiger charge is -2.57. The van der Waals surface area contributed by atoms with Gasteiger partial charge < -0.3 is 9.47 Å². The van der Waals surface area contributed by atoms with Crippen LogP contribution in [0, 0.1) is 17.7 Å². The molecule has 4 heteroatoms. The van der Waals surface area contributed by atoms with Crippen LogP contribution < -0.4 is 9.47 Å². The third-order valence-electron chi connectivity index (χ3n) is 6.15. The molecule has 1 saturated carbocycles. The second-order valence-corrected chi connectivity index (χ2v) is 7.60. The van der Waals surface area contributed by atoms with Gasteiger partial charge in [-0.15, -0.1) is 0 Å². The summed E-state index contributed by atoms with van der Waals surface area (Å²) in [6.45, 7) is 3.93. The van der Waals surface area contributed by atoms with Crippen LogP contribution in [0.25, 0.3) is 0 Å². The van der Waals surface area contributed by atoms with Crippen molar-refractivity contribution in [3.63, 3.8) is 0 Å². The number of hydrogen-bond donors (Lipinski definition) is 0. The lowest BCUT2D eigenvalue weighted by molar-refractivity contribution is -0.0923. The Kier molecular flexibility index (Phi) is 4.86. The molecular formula is C22H26FNO2. The number of ether oxygens (including phenoxy) is 2. The summed E-state index contributed by atoms with van der Waals surface area (Å²) >= 11 is 0. The molecule has 3 nitrogen and oxygen atoms in total. The Morgan fingerprint density at radius 2 is 1.65 bits per heavy atom. The number of nitrogens with zero attached hydrogens (tertiary/aromatic N) is 1. The minimum Gasteiger partial charge on any atom is -0.497 e. The molecule has 3 aliphatic rings. The summed E-state index contributed by atoms with van der Waals surface area (Å²) in [4.78, 5) is 2.61. The van der Waals surface area contributed by atoms with E-state index in [9.17, 15) is 4.39 Å². The molecule has 1 aliphatic carbocycles. The SMILES string of the molecule is COc1ccc(CN2C3CC(C3)[C@H](C)[C@H]2COc2ccc(F)cc2)cc1. The molecule has 2 bridgehead atoms. The summed E-state index contributed by atoms with van der Waals surface area (Å²) in [7, 11) is 1.69. The molecule has 0 amide bonds. The first-order valence-corrected chi connectivity index (χ1v) is 9.41. The Balaban J connectivity index is 1.45. The van der Waals surface area contributed by atoms with E-state index >= 15 is 0 Å². The van der Waals surface area contributed by atoms with Gasteiger partial charge in [-0.1, -0.05) is 19.1 Å². The Bertz CT molecular complexity index is 725. The van der Waals surface area contributed by atoms with Gasteiger partial charge in [0, 0.05) is 18.6 Å². The van der Waals surface area contributed by atoms with Crippen molar-refractivity contribution in [3.05, 3.63) is 59.9 Å². The van der Waals surface area contributed by atoms with Gasteiger partial charge in [0.05, 0.1) is 7.11 Å². The first-order valence-electron chi connectivity index (χ1n) is 9.41. The van der Waals surface area contributed by atoms with Gasteiger partial charge >= 0.3 is 0 Å².